The molecule has 0 aromatic heterocycles. The molecule has 164 valence electrons. The molecule has 4 aromatic rings. The van der Waals surface area contributed by atoms with Gasteiger partial charge in [-0.25, -0.2) is 0 Å². The maximum Gasteiger partial charge on any atom is 0.259 e. The van der Waals surface area contributed by atoms with Crippen molar-refractivity contribution in [3.05, 3.63) is 126 Å². The zero-order valence-electron chi connectivity index (χ0n) is 18.0. The minimum atomic E-state index is -0.300. The first-order valence-corrected chi connectivity index (χ1v) is 10.7. The van der Waals surface area contributed by atoms with E-state index in [-0.39, 0.29) is 11.8 Å². The molecule has 0 spiro atoms. The second-order valence-electron chi connectivity index (χ2n) is 7.44. The Bertz CT molecular complexity index is 1220. The lowest BCUT2D eigenvalue weighted by Gasteiger charge is -2.12. The highest BCUT2D eigenvalue weighted by atomic mass is 16.5. The van der Waals surface area contributed by atoms with Crippen LogP contribution in [0.25, 0.3) is 0 Å². The number of hydrogen-bond donors (Lipinski definition) is 2. The summed E-state index contributed by atoms with van der Waals surface area (Å²) in [5, 5.41) is 5.71. The van der Waals surface area contributed by atoms with E-state index in [4.69, 9.17) is 4.74 Å². The zero-order chi connectivity index (χ0) is 22.9. The molecule has 0 fully saturated rings. The van der Waals surface area contributed by atoms with Crippen molar-refractivity contribution >= 4 is 23.2 Å². The second-order valence-corrected chi connectivity index (χ2v) is 7.44. The SMILES string of the molecule is O=C(Nc1ccccc1)c1cccc(NC(=O)c2ccccc2OCCc2ccccc2)c1. The van der Waals surface area contributed by atoms with Gasteiger partial charge in [-0.3, -0.25) is 9.59 Å². The van der Waals surface area contributed by atoms with Gasteiger partial charge in [0.05, 0.1) is 12.2 Å². The first-order valence-electron chi connectivity index (χ1n) is 10.7. The molecule has 0 radical (unpaired) electrons. The molecule has 0 heterocycles. The van der Waals surface area contributed by atoms with Crippen molar-refractivity contribution in [3.8, 4) is 5.75 Å². The monoisotopic (exact) mass is 436 g/mol. The van der Waals surface area contributed by atoms with Crippen molar-refractivity contribution < 1.29 is 14.3 Å². The van der Waals surface area contributed by atoms with Gasteiger partial charge in [-0.05, 0) is 48.0 Å². The van der Waals surface area contributed by atoms with E-state index in [9.17, 15) is 9.59 Å². The number of hydrogen-bond acceptors (Lipinski definition) is 3. The van der Waals surface area contributed by atoms with Gasteiger partial charge in [-0.2, -0.15) is 0 Å². The van der Waals surface area contributed by atoms with Gasteiger partial charge in [0.15, 0.2) is 0 Å². The third kappa shape index (κ3) is 6.08. The summed E-state index contributed by atoms with van der Waals surface area (Å²) < 4.78 is 5.90. The Labute approximate surface area is 193 Å². The van der Waals surface area contributed by atoms with Crippen LogP contribution in [0.15, 0.2) is 109 Å². The first-order chi connectivity index (χ1) is 16.2. The molecule has 5 heteroatoms. The molecule has 2 amide bonds. The quantitative estimate of drug-likeness (QED) is 0.366. The molecule has 4 aromatic carbocycles. The number of carbonyl (C=O) groups is 2. The summed E-state index contributed by atoms with van der Waals surface area (Å²) in [4.78, 5) is 25.5. The van der Waals surface area contributed by atoms with Crippen LogP contribution in [-0.2, 0) is 6.42 Å². The molecule has 0 aliphatic heterocycles. The van der Waals surface area contributed by atoms with Crippen molar-refractivity contribution in [1.82, 2.24) is 0 Å². The van der Waals surface area contributed by atoms with Crippen LogP contribution in [0, 0.1) is 0 Å². The van der Waals surface area contributed by atoms with E-state index in [0.29, 0.717) is 34.9 Å². The fourth-order valence-corrected chi connectivity index (χ4v) is 3.36. The standard InChI is InChI=1S/C28H24N2O3/c31-27(29-23-13-5-2-6-14-23)22-12-9-15-24(20-22)30-28(32)25-16-7-8-17-26(25)33-19-18-21-10-3-1-4-11-21/h1-17,20H,18-19H2,(H,29,31)(H,30,32). The molecule has 33 heavy (non-hydrogen) atoms. The Balaban J connectivity index is 1.41. The van der Waals surface area contributed by atoms with E-state index in [1.165, 1.54) is 5.56 Å². The zero-order valence-corrected chi connectivity index (χ0v) is 18.0. The lowest BCUT2D eigenvalue weighted by atomic mass is 10.1. The normalized spacial score (nSPS) is 10.3. The summed E-state index contributed by atoms with van der Waals surface area (Å²) in [5.74, 6) is -0.0308. The average Bonchev–Trinajstić information content (AvgIpc) is 2.86. The second kappa shape index (κ2) is 10.8. The van der Waals surface area contributed by atoms with Gasteiger partial charge in [0.1, 0.15) is 5.75 Å². The molecule has 0 saturated carbocycles. The number of carbonyl (C=O) groups excluding carboxylic acids is 2. The maximum atomic E-state index is 12.9. The van der Waals surface area contributed by atoms with Gasteiger partial charge >= 0.3 is 0 Å². The molecular formula is C28H24N2O3. The van der Waals surface area contributed by atoms with E-state index < -0.39 is 0 Å². The number of nitrogens with one attached hydrogen (secondary N) is 2. The molecule has 0 saturated heterocycles. The van der Waals surface area contributed by atoms with E-state index in [1.54, 1.807) is 42.5 Å². The lowest BCUT2D eigenvalue weighted by Crippen LogP contribution is -2.16. The van der Waals surface area contributed by atoms with Crippen LogP contribution in [0.1, 0.15) is 26.3 Å². The fourth-order valence-electron chi connectivity index (χ4n) is 3.36. The number of amides is 2. The highest BCUT2D eigenvalue weighted by molar-refractivity contribution is 6.08. The number of anilines is 2. The largest absolute Gasteiger partial charge is 0.492 e. The van der Waals surface area contributed by atoms with Crippen LogP contribution in [0.3, 0.4) is 0 Å². The fraction of sp³-hybridized carbons (Fsp3) is 0.0714. The molecule has 0 aliphatic rings. The Morgan fingerprint density at radius 1 is 0.636 bits per heavy atom. The number of rotatable bonds is 8. The molecule has 5 nitrogen and oxygen atoms in total. The predicted molar refractivity (Wildman–Crippen MR) is 131 cm³/mol. The van der Waals surface area contributed by atoms with Gasteiger partial charge in [-0.1, -0.05) is 66.7 Å². The summed E-state index contributed by atoms with van der Waals surface area (Å²) in [6, 6.07) is 33.2. The number of benzene rings is 4. The van der Waals surface area contributed by atoms with Crippen molar-refractivity contribution in [2.24, 2.45) is 0 Å². The lowest BCUT2D eigenvalue weighted by molar-refractivity contribution is 0.101. The molecule has 2 N–H and O–H groups in total. The first kappa shape index (κ1) is 21.8. The summed E-state index contributed by atoms with van der Waals surface area (Å²) in [6.45, 7) is 0.462. The van der Waals surface area contributed by atoms with Crippen LogP contribution < -0.4 is 15.4 Å². The summed E-state index contributed by atoms with van der Waals surface area (Å²) in [6.07, 6.45) is 0.745. The summed E-state index contributed by atoms with van der Waals surface area (Å²) in [7, 11) is 0. The molecule has 0 atom stereocenters. The van der Waals surface area contributed by atoms with Crippen molar-refractivity contribution in [2.45, 2.75) is 6.42 Å². The average molecular weight is 437 g/mol. The van der Waals surface area contributed by atoms with Crippen molar-refractivity contribution in [2.75, 3.05) is 17.2 Å². The summed E-state index contributed by atoms with van der Waals surface area (Å²) >= 11 is 0. The van der Waals surface area contributed by atoms with Gasteiger partial charge in [0.25, 0.3) is 11.8 Å². The highest BCUT2D eigenvalue weighted by Gasteiger charge is 2.14. The van der Waals surface area contributed by atoms with Crippen molar-refractivity contribution in [1.29, 1.82) is 0 Å². The van der Waals surface area contributed by atoms with Gasteiger partial charge in [0.2, 0.25) is 0 Å². The van der Waals surface area contributed by atoms with Crippen LogP contribution in [0.5, 0.6) is 5.75 Å². The topological polar surface area (TPSA) is 67.4 Å². The molecule has 4 rings (SSSR count). The summed E-state index contributed by atoms with van der Waals surface area (Å²) in [5.41, 5.74) is 3.29. The Kier molecular flexibility index (Phi) is 7.13. The highest BCUT2D eigenvalue weighted by Crippen LogP contribution is 2.21. The maximum absolute atomic E-state index is 12.9. The van der Waals surface area contributed by atoms with E-state index >= 15 is 0 Å². The molecule has 0 aliphatic carbocycles. The molecule has 0 unspecified atom stereocenters. The van der Waals surface area contributed by atoms with Crippen LogP contribution in [0.2, 0.25) is 0 Å². The smallest absolute Gasteiger partial charge is 0.259 e. The Hall–Kier alpha value is -4.38. The van der Waals surface area contributed by atoms with Gasteiger partial charge in [-0.15, -0.1) is 0 Å². The Morgan fingerprint density at radius 3 is 2.06 bits per heavy atom. The van der Waals surface area contributed by atoms with Crippen molar-refractivity contribution in [3.63, 3.8) is 0 Å². The molecule has 0 bridgehead atoms. The number of ether oxygens (including phenoxy) is 1. The minimum Gasteiger partial charge on any atom is -0.492 e. The van der Waals surface area contributed by atoms with Crippen LogP contribution in [0.4, 0.5) is 11.4 Å². The van der Waals surface area contributed by atoms with Crippen LogP contribution >= 0.6 is 0 Å². The third-order valence-corrected chi connectivity index (χ3v) is 5.04. The van der Waals surface area contributed by atoms with Gasteiger partial charge in [0, 0.05) is 23.4 Å². The number of para-hydroxylation sites is 2. The van der Waals surface area contributed by atoms with E-state index in [2.05, 4.69) is 10.6 Å². The van der Waals surface area contributed by atoms with Crippen LogP contribution in [-0.4, -0.2) is 18.4 Å². The van der Waals surface area contributed by atoms with E-state index in [0.717, 1.165) is 6.42 Å². The predicted octanol–water partition coefficient (Wildman–Crippen LogP) is 5.81. The van der Waals surface area contributed by atoms with E-state index in [1.807, 2.05) is 66.7 Å². The minimum absolute atomic E-state index is 0.248. The Morgan fingerprint density at radius 2 is 1.27 bits per heavy atom. The van der Waals surface area contributed by atoms with Gasteiger partial charge < -0.3 is 15.4 Å². The third-order valence-electron chi connectivity index (χ3n) is 5.04. The molecular weight excluding hydrogens is 412 g/mol.